The van der Waals surface area contributed by atoms with Crippen LogP contribution >= 0.6 is 0 Å². The highest BCUT2D eigenvalue weighted by molar-refractivity contribution is 5.93. The van der Waals surface area contributed by atoms with E-state index in [1.54, 1.807) is 16.8 Å². The monoisotopic (exact) mass is 442 g/mol. The summed E-state index contributed by atoms with van der Waals surface area (Å²) in [4.78, 5) is 16.9. The molecule has 3 N–H and O–H groups in total. The van der Waals surface area contributed by atoms with Crippen LogP contribution in [0, 0.1) is 0 Å². The van der Waals surface area contributed by atoms with Gasteiger partial charge in [0, 0.05) is 18.0 Å². The molecule has 1 aliphatic rings. The van der Waals surface area contributed by atoms with Gasteiger partial charge in [0.1, 0.15) is 11.4 Å². The number of benzene rings is 1. The number of nitrogens with zero attached hydrogens (tertiary/aromatic N) is 3. The zero-order chi connectivity index (χ0) is 22.8. The third kappa shape index (κ3) is 4.45. The van der Waals surface area contributed by atoms with E-state index in [1.807, 2.05) is 48.7 Å². The van der Waals surface area contributed by atoms with Crippen LogP contribution in [0.15, 0.2) is 67.1 Å². The number of hydrogen-bond donors (Lipinski definition) is 3. The second-order valence-electron chi connectivity index (χ2n) is 8.59. The third-order valence-electron chi connectivity index (χ3n) is 6.32. The second-order valence-corrected chi connectivity index (χ2v) is 8.59. The normalized spacial score (nSPS) is 18.3. The van der Waals surface area contributed by atoms with Gasteiger partial charge < -0.3 is 15.5 Å². The molecule has 0 bridgehead atoms. The largest absolute Gasteiger partial charge is 0.506 e. The molecule has 7 heteroatoms. The lowest BCUT2D eigenvalue weighted by atomic mass is 9.92. The Labute approximate surface area is 191 Å². The number of aliphatic hydroxyl groups excluding tert-OH is 1. The predicted octanol–water partition coefficient (Wildman–Crippen LogP) is 3.73. The van der Waals surface area contributed by atoms with Crippen molar-refractivity contribution in [3.63, 3.8) is 0 Å². The molecule has 3 aromatic heterocycles. The fourth-order valence-electron chi connectivity index (χ4n) is 4.52. The van der Waals surface area contributed by atoms with E-state index < -0.39 is 6.10 Å². The molecule has 0 saturated heterocycles. The number of rotatable bonds is 5. The third-order valence-corrected chi connectivity index (χ3v) is 6.32. The molecule has 3 heterocycles. The number of carbonyl (C=O) groups is 1. The second kappa shape index (κ2) is 9.03. The lowest BCUT2D eigenvalue weighted by Gasteiger charge is -2.28. The van der Waals surface area contributed by atoms with Crippen LogP contribution in [-0.4, -0.2) is 42.9 Å². The highest BCUT2D eigenvalue weighted by Gasteiger charge is 2.25. The molecule has 5 rings (SSSR count). The fourth-order valence-corrected chi connectivity index (χ4v) is 4.52. The lowest BCUT2D eigenvalue weighted by molar-refractivity contribution is 0.0713. The number of nitrogens with one attached hydrogen (secondary N) is 1. The van der Waals surface area contributed by atoms with Crippen LogP contribution < -0.4 is 5.32 Å². The Balaban J connectivity index is 1.39. The summed E-state index contributed by atoms with van der Waals surface area (Å²) in [7, 11) is 0. The van der Waals surface area contributed by atoms with Crippen LogP contribution in [-0.2, 0) is 6.42 Å². The standard InChI is InChI=1S/C26H26N4O3/c31-24-6-2-1-4-21(24)28-26(33)22-15-19(23-5-3-13-30(23)29-22)14-17-7-9-18(10-8-17)20-11-12-27-16-25(20)32/h3,5,7-13,15-16,21,24,31-32H,1-2,4,6,14H2,(H,28,33)/t21-,24-/m0/s1. The molecule has 1 aliphatic carbocycles. The van der Waals surface area contributed by atoms with E-state index >= 15 is 0 Å². The van der Waals surface area contributed by atoms with E-state index in [9.17, 15) is 15.0 Å². The van der Waals surface area contributed by atoms with Crippen molar-refractivity contribution in [1.29, 1.82) is 0 Å². The number of aliphatic hydroxyl groups is 1. The van der Waals surface area contributed by atoms with E-state index in [-0.39, 0.29) is 17.7 Å². The SMILES string of the molecule is O=C(N[C@H]1CCCC[C@@H]1O)c1cc(Cc2ccc(-c3ccncc3O)cc2)c2cccn2n1. The summed E-state index contributed by atoms with van der Waals surface area (Å²) in [5.74, 6) is -0.116. The summed E-state index contributed by atoms with van der Waals surface area (Å²) >= 11 is 0. The molecule has 1 saturated carbocycles. The molecule has 168 valence electrons. The van der Waals surface area contributed by atoms with Crippen molar-refractivity contribution in [2.45, 2.75) is 44.2 Å². The number of aromatic nitrogens is 3. The summed E-state index contributed by atoms with van der Waals surface area (Å²) in [5, 5.41) is 27.7. The molecule has 1 aromatic carbocycles. The molecule has 1 amide bonds. The van der Waals surface area contributed by atoms with Crippen LogP contribution in [0.25, 0.3) is 16.6 Å². The maximum atomic E-state index is 12.9. The van der Waals surface area contributed by atoms with Crippen molar-refractivity contribution < 1.29 is 15.0 Å². The molecule has 7 nitrogen and oxygen atoms in total. The van der Waals surface area contributed by atoms with Gasteiger partial charge in [0.05, 0.1) is 23.9 Å². The Hall–Kier alpha value is -3.71. The van der Waals surface area contributed by atoms with Gasteiger partial charge in [-0.05, 0) is 60.2 Å². The number of amides is 1. The van der Waals surface area contributed by atoms with Crippen LogP contribution in [0.4, 0.5) is 0 Å². The first kappa shape index (κ1) is 21.2. The van der Waals surface area contributed by atoms with E-state index in [1.165, 1.54) is 6.20 Å². The van der Waals surface area contributed by atoms with Gasteiger partial charge in [-0.2, -0.15) is 5.10 Å². The quantitative estimate of drug-likeness (QED) is 0.437. The molecular weight excluding hydrogens is 416 g/mol. The average Bonchev–Trinajstić information content (AvgIpc) is 3.31. The minimum absolute atomic E-state index is 0.146. The first-order valence-electron chi connectivity index (χ1n) is 11.3. The fraction of sp³-hybridized carbons (Fsp3) is 0.269. The van der Waals surface area contributed by atoms with Crippen molar-refractivity contribution in [1.82, 2.24) is 19.9 Å². The Morgan fingerprint density at radius 2 is 1.94 bits per heavy atom. The Kier molecular flexibility index (Phi) is 5.79. The molecule has 2 atom stereocenters. The first-order valence-corrected chi connectivity index (χ1v) is 11.3. The van der Waals surface area contributed by atoms with Gasteiger partial charge in [-0.1, -0.05) is 37.1 Å². The van der Waals surface area contributed by atoms with Crippen molar-refractivity contribution in [2.24, 2.45) is 0 Å². The molecule has 0 aliphatic heterocycles. The molecule has 4 aromatic rings. The molecule has 0 unspecified atom stereocenters. The summed E-state index contributed by atoms with van der Waals surface area (Å²) in [6.45, 7) is 0. The van der Waals surface area contributed by atoms with E-state index in [0.29, 0.717) is 18.5 Å². The number of fused-ring (bicyclic) bond motifs is 1. The smallest absolute Gasteiger partial charge is 0.272 e. The Morgan fingerprint density at radius 3 is 2.73 bits per heavy atom. The zero-order valence-corrected chi connectivity index (χ0v) is 18.2. The van der Waals surface area contributed by atoms with Crippen molar-refractivity contribution in [3.8, 4) is 16.9 Å². The summed E-state index contributed by atoms with van der Waals surface area (Å²) in [5.41, 5.74) is 5.00. The molecular formula is C26H26N4O3. The lowest BCUT2D eigenvalue weighted by Crippen LogP contribution is -2.45. The summed E-state index contributed by atoms with van der Waals surface area (Å²) in [6.07, 6.45) is 8.54. The zero-order valence-electron chi connectivity index (χ0n) is 18.2. The van der Waals surface area contributed by atoms with Crippen molar-refractivity contribution in [3.05, 3.63) is 83.9 Å². The highest BCUT2D eigenvalue weighted by Crippen LogP contribution is 2.28. The van der Waals surface area contributed by atoms with E-state index in [0.717, 1.165) is 47.0 Å². The first-order chi connectivity index (χ1) is 16.1. The average molecular weight is 443 g/mol. The summed E-state index contributed by atoms with van der Waals surface area (Å²) < 4.78 is 1.73. The predicted molar refractivity (Wildman–Crippen MR) is 125 cm³/mol. The van der Waals surface area contributed by atoms with Gasteiger partial charge in [-0.15, -0.1) is 0 Å². The van der Waals surface area contributed by atoms with Crippen LogP contribution in [0.2, 0.25) is 0 Å². The van der Waals surface area contributed by atoms with Gasteiger partial charge in [-0.3, -0.25) is 9.78 Å². The highest BCUT2D eigenvalue weighted by atomic mass is 16.3. The number of hydrogen-bond acceptors (Lipinski definition) is 5. The Morgan fingerprint density at radius 1 is 1.12 bits per heavy atom. The van der Waals surface area contributed by atoms with Crippen molar-refractivity contribution >= 4 is 11.4 Å². The molecule has 0 radical (unpaired) electrons. The molecule has 0 spiro atoms. The van der Waals surface area contributed by atoms with Crippen LogP contribution in [0.3, 0.4) is 0 Å². The number of aromatic hydroxyl groups is 1. The minimum atomic E-state index is -0.504. The maximum absolute atomic E-state index is 12.9. The van der Waals surface area contributed by atoms with E-state index in [2.05, 4.69) is 15.4 Å². The van der Waals surface area contributed by atoms with Crippen LogP contribution in [0.5, 0.6) is 5.75 Å². The van der Waals surface area contributed by atoms with Gasteiger partial charge in [0.15, 0.2) is 0 Å². The Bertz CT molecular complexity index is 1280. The van der Waals surface area contributed by atoms with Gasteiger partial charge in [0.2, 0.25) is 0 Å². The van der Waals surface area contributed by atoms with Gasteiger partial charge in [-0.25, -0.2) is 4.52 Å². The summed E-state index contributed by atoms with van der Waals surface area (Å²) in [6, 6.07) is 15.3. The number of pyridine rings is 1. The topological polar surface area (TPSA) is 99.8 Å². The van der Waals surface area contributed by atoms with Gasteiger partial charge >= 0.3 is 0 Å². The van der Waals surface area contributed by atoms with Crippen LogP contribution in [0.1, 0.15) is 47.3 Å². The van der Waals surface area contributed by atoms with Gasteiger partial charge in [0.25, 0.3) is 5.91 Å². The molecule has 33 heavy (non-hydrogen) atoms. The van der Waals surface area contributed by atoms with E-state index in [4.69, 9.17) is 0 Å². The maximum Gasteiger partial charge on any atom is 0.272 e. The molecule has 1 fully saturated rings. The number of carbonyl (C=O) groups excluding carboxylic acids is 1. The minimum Gasteiger partial charge on any atom is -0.506 e. The van der Waals surface area contributed by atoms with Crippen molar-refractivity contribution in [2.75, 3.05) is 0 Å².